The van der Waals surface area contributed by atoms with Crippen LogP contribution in [0, 0.1) is 10.1 Å². The topological polar surface area (TPSA) is 55.6 Å². The lowest BCUT2D eigenvalue weighted by atomic mass is 10.2. The van der Waals surface area contributed by atoms with Gasteiger partial charge in [0.25, 0.3) is 5.69 Å². The van der Waals surface area contributed by atoms with E-state index < -0.39 is 0 Å². The van der Waals surface area contributed by atoms with Gasteiger partial charge < -0.3 is 9.64 Å². The Morgan fingerprint density at radius 2 is 2.24 bits per heavy atom. The quantitative estimate of drug-likeness (QED) is 0.598. The molecule has 1 aromatic carbocycles. The Morgan fingerprint density at radius 1 is 1.47 bits per heavy atom. The van der Waals surface area contributed by atoms with E-state index in [4.69, 9.17) is 4.74 Å². The second-order valence-electron chi connectivity index (χ2n) is 4.33. The molecule has 5 heteroatoms. The Hall–Kier alpha value is -1.78. The Labute approximate surface area is 100 Å². The van der Waals surface area contributed by atoms with Gasteiger partial charge in [-0.2, -0.15) is 0 Å². The maximum atomic E-state index is 10.8. The van der Waals surface area contributed by atoms with Gasteiger partial charge in [0.1, 0.15) is 5.75 Å². The van der Waals surface area contributed by atoms with Crippen molar-refractivity contribution in [2.45, 2.75) is 25.8 Å². The number of ether oxygens (including phenoxy) is 1. The molecule has 1 aromatic rings. The fourth-order valence-corrected chi connectivity index (χ4v) is 2.27. The molecule has 2 rings (SSSR count). The van der Waals surface area contributed by atoms with Gasteiger partial charge in [0.15, 0.2) is 0 Å². The monoisotopic (exact) mass is 236 g/mol. The summed E-state index contributed by atoms with van der Waals surface area (Å²) in [5.41, 5.74) is 0.958. The van der Waals surface area contributed by atoms with Gasteiger partial charge in [-0.05, 0) is 19.8 Å². The van der Waals surface area contributed by atoms with Crippen molar-refractivity contribution in [3.05, 3.63) is 28.3 Å². The summed E-state index contributed by atoms with van der Waals surface area (Å²) in [6, 6.07) is 5.35. The first-order valence-electron chi connectivity index (χ1n) is 5.72. The fourth-order valence-electron chi connectivity index (χ4n) is 2.27. The van der Waals surface area contributed by atoms with Crippen molar-refractivity contribution < 1.29 is 9.66 Å². The summed E-state index contributed by atoms with van der Waals surface area (Å²) in [5.74, 6) is 0.535. The van der Waals surface area contributed by atoms with Gasteiger partial charge in [-0.1, -0.05) is 0 Å². The molecule has 1 aliphatic rings. The molecule has 1 saturated heterocycles. The molecule has 17 heavy (non-hydrogen) atoms. The molecular weight excluding hydrogens is 220 g/mol. The number of hydrogen-bond acceptors (Lipinski definition) is 4. The standard InChI is InChI=1S/C12H16N2O3/c1-9-4-3-5-13(9)10-6-11(14(15)16)8-12(7-10)17-2/h6-9H,3-5H2,1-2H3/t9-/m0/s1. The lowest BCUT2D eigenvalue weighted by Crippen LogP contribution is -2.26. The van der Waals surface area contributed by atoms with Crippen molar-refractivity contribution in [3.63, 3.8) is 0 Å². The molecule has 0 aliphatic carbocycles. The van der Waals surface area contributed by atoms with Crippen LogP contribution in [0.25, 0.3) is 0 Å². The van der Waals surface area contributed by atoms with E-state index in [0.717, 1.165) is 25.1 Å². The van der Waals surface area contributed by atoms with E-state index in [-0.39, 0.29) is 10.6 Å². The number of non-ortho nitro benzene ring substituents is 1. The largest absolute Gasteiger partial charge is 0.496 e. The second kappa shape index (κ2) is 4.61. The fraction of sp³-hybridized carbons (Fsp3) is 0.500. The summed E-state index contributed by atoms with van der Waals surface area (Å²) in [4.78, 5) is 12.7. The molecule has 1 aliphatic heterocycles. The summed E-state index contributed by atoms with van der Waals surface area (Å²) in [7, 11) is 1.52. The Balaban J connectivity index is 2.38. The van der Waals surface area contributed by atoms with Gasteiger partial charge in [-0.25, -0.2) is 0 Å². The minimum Gasteiger partial charge on any atom is -0.496 e. The molecule has 0 amide bonds. The minimum atomic E-state index is -0.382. The lowest BCUT2D eigenvalue weighted by molar-refractivity contribution is -0.384. The lowest BCUT2D eigenvalue weighted by Gasteiger charge is -2.23. The van der Waals surface area contributed by atoms with Crippen LogP contribution in [-0.2, 0) is 0 Å². The van der Waals surface area contributed by atoms with Gasteiger partial charge >= 0.3 is 0 Å². The van der Waals surface area contributed by atoms with Crippen LogP contribution >= 0.6 is 0 Å². The zero-order valence-corrected chi connectivity index (χ0v) is 10.0. The molecule has 0 aromatic heterocycles. The van der Waals surface area contributed by atoms with E-state index in [1.165, 1.54) is 13.2 Å². The highest BCUT2D eigenvalue weighted by atomic mass is 16.6. The Kier molecular flexibility index (Phi) is 3.17. The molecule has 5 nitrogen and oxygen atoms in total. The predicted molar refractivity (Wildman–Crippen MR) is 65.7 cm³/mol. The highest BCUT2D eigenvalue weighted by Gasteiger charge is 2.23. The summed E-state index contributed by atoms with van der Waals surface area (Å²) in [6.07, 6.45) is 2.26. The summed E-state index contributed by atoms with van der Waals surface area (Å²) < 4.78 is 5.11. The third kappa shape index (κ3) is 2.33. The molecule has 92 valence electrons. The van der Waals surface area contributed by atoms with Crippen molar-refractivity contribution in [2.24, 2.45) is 0 Å². The maximum absolute atomic E-state index is 10.8. The number of methoxy groups -OCH3 is 1. The molecule has 0 radical (unpaired) electrons. The van der Waals surface area contributed by atoms with Gasteiger partial charge in [-0.15, -0.1) is 0 Å². The van der Waals surface area contributed by atoms with Gasteiger partial charge in [-0.3, -0.25) is 10.1 Å². The number of anilines is 1. The molecule has 1 heterocycles. The molecule has 0 unspecified atom stereocenters. The van der Waals surface area contributed by atoms with Crippen LogP contribution in [0.15, 0.2) is 18.2 Å². The predicted octanol–water partition coefficient (Wildman–Crippen LogP) is 2.59. The first kappa shape index (κ1) is 11.7. The number of nitrogens with zero attached hydrogens (tertiary/aromatic N) is 2. The zero-order valence-electron chi connectivity index (χ0n) is 10.0. The normalized spacial score (nSPS) is 19.4. The number of nitro groups is 1. The summed E-state index contributed by atoms with van der Waals surface area (Å²) in [6.45, 7) is 3.09. The smallest absolute Gasteiger partial charge is 0.275 e. The van der Waals surface area contributed by atoms with E-state index in [1.807, 2.05) is 6.07 Å². The van der Waals surface area contributed by atoms with Crippen LogP contribution in [-0.4, -0.2) is 24.6 Å². The molecule has 0 N–H and O–H groups in total. The first-order chi connectivity index (χ1) is 8.11. The third-order valence-electron chi connectivity index (χ3n) is 3.21. The van der Waals surface area contributed by atoms with Crippen LogP contribution < -0.4 is 9.64 Å². The van der Waals surface area contributed by atoms with Gasteiger partial charge in [0.05, 0.1) is 18.1 Å². The second-order valence-corrected chi connectivity index (χ2v) is 4.33. The van der Waals surface area contributed by atoms with E-state index in [2.05, 4.69) is 11.8 Å². The van der Waals surface area contributed by atoms with E-state index in [9.17, 15) is 10.1 Å². The average molecular weight is 236 g/mol. The molecule has 1 atom stereocenters. The van der Waals surface area contributed by atoms with Gasteiger partial charge in [0.2, 0.25) is 0 Å². The van der Waals surface area contributed by atoms with Crippen molar-refractivity contribution >= 4 is 11.4 Å². The Bertz CT molecular complexity index is 434. The number of rotatable bonds is 3. The van der Waals surface area contributed by atoms with E-state index in [0.29, 0.717) is 11.8 Å². The first-order valence-corrected chi connectivity index (χ1v) is 5.72. The van der Waals surface area contributed by atoms with Crippen LogP contribution in [0.1, 0.15) is 19.8 Å². The number of benzene rings is 1. The molecule has 0 spiro atoms. The highest BCUT2D eigenvalue weighted by Crippen LogP contribution is 2.32. The van der Waals surface area contributed by atoms with Crippen LogP contribution in [0.2, 0.25) is 0 Å². The summed E-state index contributed by atoms with van der Waals surface area (Å²) in [5, 5.41) is 10.8. The van der Waals surface area contributed by atoms with Crippen molar-refractivity contribution in [1.82, 2.24) is 0 Å². The van der Waals surface area contributed by atoms with Crippen molar-refractivity contribution in [3.8, 4) is 5.75 Å². The molecule has 0 bridgehead atoms. The summed E-state index contributed by atoms with van der Waals surface area (Å²) >= 11 is 0. The molecule has 0 saturated carbocycles. The highest BCUT2D eigenvalue weighted by molar-refractivity contribution is 5.59. The van der Waals surface area contributed by atoms with E-state index >= 15 is 0 Å². The minimum absolute atomic E-state index is 0.0819. The zero-order chi connectivity index (χ0) is 12.4. The molecule has 1 fully saturated rings. The van der Waals surface area contributed by atoms with Crippen molar-refractivity contribution in [2.75, 3.05) is 18.6 Å². The van der Waals surface area contributed by atoms with Crippen LogP contribution in [0.5, 0.6) is 5.75 Å². The number of nitro benzene ring substituents is 1. The maximum Gasteiger partial charge on any atom is 0.275 e. The van der Waals surface area contributed by atoms with Gasteiger partial charge in [0, 0.05) is 30.4 Å². The average Bonchev–Trinajstić information content (AvgIpc) is 2.74. The SMILES string of the molecule is COc1cc(N2CCC[C@@H]2C)cc([N+](=O)[O-])c1. The number of hydrogen-bond donors (Lipinski definition) is 0. The van der Waals surface area contributed by atoms with E-state index in [1.54, 1.807) is 6.07 Å². The van der Waals surface area contributed by atoms with Crippen LogP contribution in [0.4, 0.5) is 11.4 Å². The van der Waals surface area contributed by atoms with Crippen LogP contribution in [0.3, 0.4) is 0 Å². The Morgan fingerprint density at radius 3 is 2.76 bits per heavy atom. The third-order valence-corrected chi connectivity index (χ3v) is 3.21. The molecular formula is C12H16N2O3. The van der Waals surface area contributed by atoms with Crippen molar-refractivity contribution in [1.29, 1.82) is 0 Å².